The van der Waals surface area contributed by atoms with Gasteiger partial charge in [-0.25, -0.2) is 0 Å². The summed E-state index contributed by atoms with van der Waals surface area (Å²) in [5.41, 5.74) is 0. The zero-order chi connectivity index (χ0) is 17.5. The molecule has 0 radical (unpaired) electrons. The quantitative estimate of drug-likeness (QED) is 0.723. The highest BCUT2D eigenvalue weighted by Crippen LogP contribution is 2.13. The number of carbonyl (C=O) groups is 2. The van der Waals surface area contributed by atoms with E-state index in [1.165, 1.54) is 6.92 Å². The fraction of sp³-hybridized carbons (Fsp3) is 0.882. The monoisotopic (exact) mass is 340 g/mol. The SMILES string of the molecule is COCCN1CCN(CC(=O)N2CCC[C@H](NC(C)=O)C2)C[C@@H]1C. The third kappa shape index (κ3) is 5.72. The van der Waals surface area contributed by atoms with Gasteiger partial charge in [-0.3, -0.25) is 19.4 Å². The highest BCUT2D eigenvalue weighted by Gasteiger charge is 2.28. The number of hydrogen-bond donors (Lipinski definition) is 1. The van der Waals surface area contributed by atoms with Gasteiger partial charge in [0.05, 0.1) is 13.2 Å². The molecule has 0 aromatic heterocycles. The van der Waals surface area contributed by atoms with Crippen molar-refractivity contribution in [2.45, 2.75) is 38.8 Å². The molecular formula is C17H32N4O3. The topological polar surface area (TPSA) is 65.1 Å². The van der Waals surface area contributed by atoms with E-state index in [1.54, 1.807) is 7.11 Å². The van der Waals surface area contributed by atoms with Gasteiger partial charge in [0.1, 0.15) is 0 Å². The molecule has 0 aromatic rings. The Hall–Kier alpha value is -1.18. The van der Waals surface area contributed by atoms with E-state index in [4.69, 9.17) is 4.74 Å². The zero-order valence-electron chi connectivity index (χ0n) is 15.3. The lowest BCUT2D eigenvalue weighted by Crippen LogP contribution is -2.56. The number of likely N-dealkylation sites (tertiary alicyclic amines) is 1. The first kappa shape index (κ1) is 19.1. The second kappa shape index (κ2) is 9.34. The normalized spacial score (nSPS) is 26.4. The fourth-order valence-corrected chi connectivity index (χ4v) is 3.66. The Kier molecular flexibility index (Phi) is 7.45. The maximum Gasteiger partial charge on any atom is 0.236 e. The Morgan fingerprint density at radius 3 is 2.67 bits per heavy atom. The standard InChI is InChI=1S/C17H32N4O3/c1-14-11-19(7-8-20(14)9-10-24-3)13-17(23)21-6-4-5-16(12-21)18-15(2)22/h14,16H,4-13H2,1-3H3,(H,18,22)/t14-,16-/m0/s1. The predicted octanol–water partition coefficient (Wildman–Crippen LogP) is -0.234. The molecule has 1 N–H and O–H groups in total. The van der Waals surface area contributed by atoms with Crippen LogP contribution in [0.4, 0.5) is 0 Å². The van der Waals surface area contributed by atoms with Crippen molar-refractivity contribution in [1.29, 1.82) is 0 Å². The largest absolute Gasteiger partial charge is 0.383 e. The van der Waals surface area contributed by atoms with Crippen LogP contribution in [-0.4, -0.2) is 98.1 Å². The molecule has 0 unspecified atom stereocenters. The summed E-state index contributed by atoms with van der Waals surface area (Å²) in [4.78, 5) is 30.4. The van der Waals surface area contributed by atoms with E-state index in [-0.39, 0.29) is 17.9 Å². The third-order valence-electron chi connectivity index (χ3n) is 4.97. The summed E-state index contributed by atoms with van der Waals surface area (Å²) in [7, 11) is 1.73. The molecule has 2 saturated heterocycles. The lowest BCUT2D eigenvalue weighted by atomic mass is 10.1. The average molecular weight is 340 g/mol. The fourth-order valence-electron chi connectivity index (χ4n) is 3.66. The summed E-state index contributed by atoms with van der Waals surface area (Å²) in [5, 5.41) is 2.94. The van der Waals surface area contributed by atoms with E-state index in [0.29, 0.717) is 19.1 Å². The van der Waals surface area contributed by atoms with E-state index in [1.807, 2.05) is 4.90 Å². The lowest BCUT2D eigenvalue weighted by molar-refractivity contribution is -0.135. The van der Waals surface area contributed by atoms with Crippen LogP contribution in [-0.2, 0) is 14.3 Å². The Labute approximate surface area is 145 Å². The van der Waals surface area contributed by atoms with Crippen LogP contribution in [0.5, 0.6) is 0 Å². The van der Waals surface area contributed by atoms with Crippen LogP contribution in [0, 0.1) is 0 Å². The first-order valence-electron chi connectivity index (χ1n) is 8.99. The molecule has 2 amide bonds. The van der Waals surface area contributed by atoms with E-state index >= 15 is 0 Å². The number of nitrogens with one attached hydrogen (secondary N) is 1. The van der Waals surface area contributed by atoms with Crippen LogP contribution in [0.1, 0.15) is 26.7 Å². The summed E-state index contributed by atoms with van der Waals surface area (Å²) < 4.78 is 5.16. The minimum atomic E-state index is -0.0182. The first-order chi connectivity index (χ1) is 11.5. The third-order valence-corrected chi connectivity index (χ3v) is 4.97. The molecular weight excluding hydrogens is 308 g/mol. The molecule has 0 aliphatic carbocycles. The molecule has 7 heteroatoms. The Morgan fingerprint density at radius 1 is 1.21 bits per heavy atom. The molecule has 0 aromatic carbocycles. The van der Waals surface area contributed by atoms with Crippen molar-refractivity contribution in [3.05, 3.63) is 0 Å². The van der Waals surface area contributed by atoms with Crippen LogP contribution in [0.25, 0.3) is 0 Å². The number of ether oxygens (including phenoxy) is 1. The highest BCUT2D eigenvalue weighted by molar-refractivity contribution is 5.78. The molecule has 2 fully saturated rings. The summed E-state index contributed by atoms with van der Waals surface area (Å²) >= 11 is 0. The maximum atomic E-state index is 12.6. The molecule has 2 aliphatic heterocycles. The molecule has 0 bridgehead atoms. The predicted molar refractivity (Wildman–Crippen MR) is 92.8 cm³/mol. The van der Waals surface area contributed by atoms with Gasteiger partial charge >= 0.3 is 0 Å². The molecule has 2 atom stereocenters. The molecule has 24 heavy (non-hydrogen) atoms. The van der Waals surface area contributed by atoms with Crippen molar-refractivity contribution in [3.8, 4) is 0 Å². The van der Waals surface area contributed by atoms with Gasteiger partial charge in [-0.15, -0.1) is 0 Å². The molecule has 0 saturated carbocycles. The maximum absolute atomic E-state index is 12.6. The minimum Gasteiger partial charge on any atom is -0.383 e. The molecule has 7 nitrogen and oxygen atoms in total. The number of methoxy groups -OCH3 is 1. The van der Waals surface area contributed by atoms with Gasteiger partial charge in [0.15, 0.2) is 0 Å². The Bertz CT molecular complexity index is 432. The number of carbonyl (C=O) groups excluding carboxylic acids is 2. The highest BCUT2D eigenvalue weighted by atomic mass is 16.5. The number of piperazine rings is 1. The smallest absolute Gasteiger partial charge is 0.236 e. The molecule has 2 rings (SSSR count). The van der Waals surface area contributed by atoms with E-state index in [9.17, 15) is 9.59 Å². The summed E-state index contributed by atoms with van der Waals surface area (Å²) in [5.74, 6) is 0.165. The van der Waals surface area contributed by atoms with E-state index < -0.39 is 0 Å². The number of hydrogen-bond acceptors (Lipinski definition) is 5. The number of piperidine rings is 1. The molecule has 2 aliphatic rings. The van der Waals surface area contributed by atoms with Gasteiger partial charge in [0.2, 0.25) is 11.8 Å². The molecule has 2 heterocycles. The van der Waals surface area contributed by atoms with Crippen LogP contribution in [0.2, 0.25) is 0 Å². The average Bonchev–Trinajstić information content (AvgIpc) is 2.54. The summed E-state index contributed by atoms with van der Waals surface area (Å²) in [6, 6.07) is 0.542. The van der Waals surface area contributed by atoms with Crippen molar-refractivity contribution in [3.63, 3.8) is 0 Å². The van der Waals surface area contributed by atoms with Gasteiger partial charge in [0, 0.05) is 65.4 Å². The van der Waals surface area contributed by atoms with Crippen molar-refractivity contribution in [1.82, 2.24) is 20.0 Å². The van der Waals surface area contributed by atoms with E-state index in [0.717, 1.165) is 52.2 Å². The van der Waals surface area contributed by atoms with Crippen molar-refractivity contribution in [2.24, 2.45) is 0 Å². The second-order valence-corrected chi connectivity index (χ2v) is 6.99. The van der Waals surface area contributed by atoms with Gasteiger partial charge < -0.3 is 15.0 Å². The number of rotatable bonds is 6. The zero-order valence-corrected chi connectivity index (χ0v) is 15.3. The van der Waals surface area contributed by atoms with Gasteiger partial charge in [-0.2, -0.15) is 0 Å². The van der Waals surface area contributed by atoms with Crippen molar-refractivity contribution in [2.75, 3.05) is 59.5 Å². The summed E-state index contributed by atoms with van der Waals surface area (Å²) in [6.45, 7) is 10.2. The van der Waals surface area contributed by atoms with Crippen LogP contribution < -0.4 is 5.32 Å². The number of amides is 2. The van der Waals surface area contributed by atoms with Crippen molar-refractivity contribution < 1.29 is 14.3 Å². The van der Waals surface area contributed by atoms with E-state index in [2.05, 4.69) is 22.0 Å². The molecule has 138 valence electrons. The van der Waals surface area contributed by atoms with Gasteiger partial charge in [-0.05, 0) is 19.8 Å². The van der Waals surface area contributed by atoms with Gasteiger partial charge in [-0.1, -0.05) is 0 Å². The summed E-state index contributed by atoms with van der Waals surface area (Å²) in [6.07, 6.45) is 1.91. The van der Waals surface area contributed by atoms with Gasteiger partial charge in [0.25, 0.3) is 0 Å². The van der Waals surface area contributed by atoms with Crippen LogP contribution in [0.15, 0.2) is 0 Å². The first-order valence-corrected chi connectivity index (χ1v) is 8.99. The lowest BCUT2D eigenvalue weighted by Gasteiger charge is -2.40. The van der Waals surface area contributed by atoms with Crippen molar-refractivity contribution >= 4 is 11.8 Å². The minimum absolute atomic E-state index is 0.0182. The molecule has 0 spiro atoms. The van der Waals surface area contributed by atoms with Crippen LogP contribution in [0.3, 0.4) is 0 Å². The second-order valence-electron chi connectivity index (χ2n) is 6.99. The van der Waals surface area contributed by atoms with Crippen LogP contribution >= 0.6 is 0 Å². The Balaban J connectivity index is 1.77. The Morgan fingerprint density at radius 2 is 2.00 bits per heavy atom. The number of nitrogens with zero attached hydrogens (tertiary/aromatic N) is 3.